The van der Waals surface area contributed by atoms with Gasteiger partial charge < -0.3 is 4.74 Å². The van der Waals surface area contributed by atoms with Crippen molar-refractivity contribution in [2.75, 3.05) is 6.61 Å². The minimum absolute atomic E-state index is 0.823. The fourth-order valence-electron chi connectivity index (χ4n) is 1.12. The van der Waals surface area contributed by atoms with Crippen LogP contribution in [0.15, 0.2) is 18.2 Å². The molecule has 0 aliphatic carbocycles. The van der Waals surface area contributed by atoms with Gasteiger partial charge >= 0.3 is 0 Å². The zero-order chi connectivity index (χ0) is 9.52. The highest BCUT2D eigenvalue weighted by Gasteiger charge is 1.94. The molecule has 0 saturated carbocycles. The van der Waals surface area contributed by atoms with Gasteiger partial charge in [-0.3, -0.25) is 0 Å². The Hall–Kier alpha value is -0.980. The fraction of sp³-hybridized carbons (Fsp3) is 0.500. The first kappa shape index (κ1) is 10.1. The maximum Gasteiger partial charge on any atom is 0.119 e. The molecule has 1 heteroatoms. The maximum absolute atomic E-state index is 5.57. The standard InChI is InChI=1S/C12H17O/c1-3-5-9-13-12-8-6-7-11(4-2)10-12/h6,8,10H,3-5,9H2,1-2H3. The fourth-order valence-corrected chi connectivity index (χ4v) is 1.12. The summed E-state index contributed by atoms with van der Waals surface area (Å²) in [6.07, 6.45) is 3.32. The van der Waals surface area contributed by atoms with Crippen molar-refractivity contribution < 1.29 is 4.74 Å². The van der Waals surface area contributed by atoms with Crippen molar-refractivity contribution in [3.63, 3.8) is 0 Å². The SMILES string of the molecule is CCCCOc1cc[c]c(CC)c1. The Morgan fingerprint density at radius 2 is 2.23 bits per heavy atom. The van der Waals surface area contributed by atoms with Crippen LogP contribution in [0, 0.1) is 6.07 Å². The van der Waals surface area contributed by atoms with Crippen molar-refractivity contribution in [3.05, 3.63) is 29.8 Å². The van der Waals surface area contributed by atoms with Crippen LogP contribution < -0.4 is 4.74 Å². The molecule has 1 radical (unpaired) electrons. The summed E-state index contributed by atoms with van der Waals surface area (Å²) in [5.74, 6) is 0.976. The van der Waals surface area contributed by atoms with Crippen LogP contribution in [0.1, 0.15) is 32.3 Å². The van der Waals surface area contributed by atoms with Crippen LogP contribution in [0.5, 0.6) is 5.75 Å². The van der Waals surface area contributed by atoms with E-state index in [1.807, 2.05) is 12.1 Å². The molecule has 0 saturated heterocycles. The van der Waals surface area contributed by atoms with Gasteiger partial charge in [0, 0.05) is 0 Å². The van der Waals surface area contributed by atoms with Gasteiger partial charge in [-0.1, -0.05) is 26.3 Å². The molecule has 0 spiro atoms. The van der Waals surface area contributed by atoms with Crippen LogP contribution in [-0.4, -0.2) is 6.61 Å². The first-order valence-corrected chi connectivity index (χ1v) is 5.00. The molecule has 71 valence electrons. The second kappa shape index (κ2) is 5.63. The van der Waals surface area contributed by atoms with Crippen molar-refractivity contribution in [2.24, 2.45) is 0 Å². The Balaban J connectivity index is 2.46. The van der Waals surface area contributed by atoms with Crippen LogP contribution in [-0.2, 0) is 6.42 Å². The molecule has 0 aliphatic rings. The number of hydrogen-bond acceptors (Lipinski definition) is 1. The van der Waals surface area contributed by atoms with Crippen LogP contribution in [0.4, 0.5) is 0 Å². The summed E-state index contributed by atoms with van der Waals surface area (Å²) in [5, 5.41) is 0. The van der Waals surface area contributed by atoms with E-state index >= 15 is 0 Å². The molecule has 0 aliphatic heterocycles. The molecule has 13 heavy (non-hydrogen) atoms. The lowest BCUT2D eigenvalue weighted by molar-refractivity contribution is 0.309. The average Bonchev–Trinajstić information content (AvgIpc) is 2.19. The van der Waals surface area contributed by atoms with Gasteiger partial charge in [0.2, 0.25) is 0 Å². The molecule has 0 N–H and O–H groups in total. The predicted octanol–water partition coefficient (Wildman–Crippen LogP) is 3.23. The number of rotatable bonds is 5. The number of unbranched alkanes of at least 4 members (excludes halogenated alkanes) is 1. The highest BCUT2D eigenvalue weighted by Crippen LogP contribution is 2.13. The van der Waals surface area contributed by atoms with Crippen molar-refractivity contribution in [1.82, 2.24) is 0 Å². The molecule has 0 aromatic heterocycles. The normalized spacial score (nSPS) is 10.0. The van der Waals surface area contributed by atoms with E-state index in [0.717, 1.165) is 25.2 Å². The van der Waals surface area contributed by atoms with Gasteiger partial charge in [0.1, 0.15) is 5.75 Å². The maximum atomic E-state index is 5.57. The summed E-state index contributed by atoms with van der Waals surface area (Å²) < 4.78 is 5.57. The second-order valence-corrected chi connectivity index (χ2v) is 3.11. The summed E-state index contributed by atoms with van der Waals surface area (Å²) >= 11 is 0. The smallest absolute Gasteiger partial charge is 0.119 e. The number of aryl methyl sites for hydroxylation is 1. The molecule has 0 unspecified atom stereocenters. The zero-order valence-corrected chi connectivity index (χ0v) is 8.47. The van der Waals surface area contributed by atoms with Crippen molar-refractivity contribution in [2.45, 2.75) is 33.1 Å². The van der Waals surface area contributed by atoms with E-state index in [4.69, 9.17) is 4.74 Å². The summed E-state index contributed by atoms with van der Waals surface area (Å²) in [4.78, 5) is 0. The van der Waals surface area contributed by atoms with E-state index in [2.05, 4.69) is 26.0 Å². The number of ether oxygens (including phenoxy) is 1. The minimum Gasteiger partial charge on any atom is -0.494 e. The lowest BCUT2D eigenvalue weighted by Crippen LogP contribution is -1.96. The van der Waals surface area contributed by atoms with Gasteiger partial charge in [0.05, 0.1) is 6.61 Å². The van der Waals surface area contributed by atoms with Crippen LogP contribution in [0.3, 0.4) is 0 Å². The molecule has 0 bridgehead atoms. The first-order chi connectivity index (χ1) is 6.36. The lowest BCUT2D eigenvalue weighted by atomic mass is 10.2. The summed E-state index contributed by atoms with van der Waals surface area (Å²) in [6.45, 7) is 5.12. The summed E-state index contributed by atoms with van der Waals surface area (Å²) in [6, 6.07) is 9.13. The van der Waals surface area contributed by atoms with Crippen molar-refractivity contribution in [3.8, 4) is 5.75 Å². The van der Waals surface area contributed by atoms with E-state index < -0.39 is 0 Å². The Morgan fingerprint density at radius 1 is 1.38 bits per heavy atom. The Kier molecular flexibility index (Phi) is 4.37. The van der Waals surface area contributed by atoms with Gasteiger partial charge in [-0.05, 0) is 36.6 Å². The Labute approximate surface area is 80.7 Å². The summed E-state index contributed by atoms with van der Waals surface area (Å²) in [5.41, 5.74) is 1.22. The van der Waals surface area contributed by atoms with Gasteiger partial charge in [0.25, 0.3) is 0 Å². The van der Waals surface area contributed by atoms with E-state index in [0.29, 0.717) is 0 Å². The molecule has 0 fully saturated rings. The van der Waals surface area contributed by atoms with E-state index in [1.54, 1.807) is 0 Å². The molecule has 1 aromatic rings. The third-order valence-corrected chi connectivity index (χ3v) is 1.98. The van der Waals surface area contributed by atoms with E-state index in [1.165, 1.54) is 12.0 Å². The average molecular weight is 177 g/mol. The minimum atomic E-state index is 0.823. The zero-order valence-electron chi connectivity index (χ0n) is 8.47. The molecule has 0 heterocycles. The van der Waals surface area contributed by atoms with E-state index in [9.17, 15) is 0 Å². The van der Waals surface area contributed by atoms with Gasteiger partial charge in [-0.25, -0.2) is 0 Å². The Bertz CT molecular complexity index is 243. The highest BCUT2D eigenvalue weighted by molar-refractivity contribution is 5.27. The molecule has 0 atom stereocenters. The van der Waals surface area contributed by atoms with Gasteiger partial charge in [0.15, 0.2) is 0 Å². The van der Waals surface area contributed by atoms with Crippen LogP contribution in [0.2, 0.25) is 0 Å². The van der Waals surface area contributed by atoms with Crippen LogP contribution >= 0.6 is 0 Å². The largest absolute Gasteiger partial charge is 0.494 e. The monoisotopic (exact) mass is 177 g/mol. The molecular formula is C12H17O. The molecule has 1 nitrogen and oxygen atoms in total. The summed E-state index contributed by atoms with van der Waals surface area (Å²) in [7, 11) is 0. The quantitative estimate of drug-likeness (QED) is 0.627. The van der Waals surface area contributed by atoms with Gasteiger partial charge in [-0.2, -0.15) is 0 Å². The third kappa shape index (κ3) is 3.49. The van der Waals surface area contributed by atoms with Crippen molar-refractivity contribution >= 4 is 0 Å². The van der Waals surface area contributed by atoms with E-state index in [-0.39, 0.29) is 0 Å². The van der Waals surface area contributed by atoms with Crippen LogP contribution in [0.25, 0.3) is 0 Å². The molecular weight excluding hydrogens is 160 g/mol. The molecule has 1 aromatic carbocycles. The molecule has 0 amide bonds. The Morgan fingerprint density at radius 3 is 2.92 bits per heavy atom. The predicted molar refractivity (Wildman–Crippen MR) is 55.1 cm³/mol. The van der Waals surface area contributed by atoms with Crippen molar-refractivity contribution in [1.29, 1.82) is 0 Å². The third-order valence-electron chi connectivity index (χ3n) is 1.98. The van der Waals surface area contributed by atoms with Gasteiger partial charge in [-0.15, -0.1) is 0 Å². The first-order valence-electron chi connectivity index (χ1n) is 5.00. The highest BCUT2D eigenvalue weighted by atomic mass is 16.5. The topological polar surface area (TPSA) is 9.23 Å². The lowest BCUT2D eigenvalue weighted by Gasteiger charge is -2.05. The number of hydrogen-bond donors (Lipinski definition) is 0. The number of benzene rings is 1. The second-order valence-electron chi connectivity index (χ2n) is 3.11. The molecule has 1 rings (SSSR count).